The molecule has 0 N–H and O–H groups in total. The Morgan fingerprint density at radius 3 is 2.33 bits per heavy atom. The van der Waals surface area contributed by atoms with Crippen molar-refractivity contribution < 1.29 is 4.74 Å². The molecule has 6 heteroatoms. The molecule has 0 saturated carbocycles. The van der Waals surface area contributed by atoms with E-state index < -0.39 is 6.00 Å². The summed E-state index contributed by atoms with van der Waals surface area (Å²) in [6, 6.07) is 6.55. The van der Waals surface area contributed by atoms with E-state index in [0.717, 1.165) is 36.1 Å². The monoisotopic (exact) mass is 342 g/mol. The maximum absolute atomic E-state index is 5.82. The van der Waals surface area contributed by atoms with E-state index in [0.29, 0.717) is 0 Å². The minimum absolute atomic E-state index is 0.757. The Hall–Kier alpha value is 0.457. The van der Waals surface area contributed by atoms with Crippen LogP contribution in [0.2, 0.25) is 6.04 Å². The van der Waals surface area contributed by atoms with Gasteiger partial charge in [-0.05, 0) is 48.1 Å². The predicted molar refractivity (Wildman–Crippen MR) is 86.8 cm³/mol. The number of ether oxygens (including phenoxy) is 1. The minimum Gasteiger partial charge on any atom is -0.497 e. The van der Waals surface area contributed by atoms with Gasteiger partial charge in [-0.1, -0.05) is 12.1 Å². The number of thioether (sulfide) groups is 1. The number of benzene rings is 1. The van der Waals surface area contributed by atoms with Crippen LogP contribution < -0.4 is 4.74 Å². The van der Waals surface area contributed by atoms with Crippen LogP contribution in [0.5, 0.6) is 5.75 Å². The van der Waals surface area contributed by atoms with Gasteiger partial charge in [-0.3, -0.25) is 0 Å². The highest BCUT2D eigenvalue weighted by atomic mass is 35.8. The smallest absolute Gasteiger partial charge is 0.341 e. The standard InChI is InChI=1S/C12H17Cl3OSSi/c1-16-12-5-3-11(4-6-12)7-9-17-8-2-10-18(13,14)15/h3-6H,2,7-10H2,1H3. The molecule has 0 fully saturated rings. The molecule has 0 aliphatic carbocycles. The molecule has 102 valence electrons. The van der Waals surface area contributed by atoms with Crippen molar-refractivity contribution in [3.8, 4) is 5.75 Å². The molecule has 0 aromatic heterocycles. The first-order valence-electron chi connectivity index (χ1n) is 5.79. The summed E-state index contributed by atoms with van der Waals surface area (Å²) in [6.07, 6.45) is 2.07. The third-order valence-corrected chi connectivity index (χ3v) is 6.13. The van der Waals surface area contributed by atoms with Gasteiger partial charge in [-0.2, -0.15) is 11.8 Å². The van der Waals surface area contributed by atoms with Gasteiger partial charge in [0.15, 0.2) is 0 Å². The lowest BCUT2D eigenvalue weighted by atomic mass is 10.2. The van der Waals surface area contributed by atoms with Crippen LogP contribution in [0.4, 0.5) is 0 Å². The SMILES string of the molecule is COc1ccc(CCSCCC[Si](Cl)(Cl)Cl)cc1. The number of hydrogen-bond acceptors (Lipinski definition) is 2. The van der Waals surface area contributed by atoms with Crippen molar-refractivity contribution >= 4 is 51.0 Å². The Morgan fingerprint density at radius 1 is 1.11 bits per heavy atom. The topological polar surface area (TPSA) is 9.23 Å². The zero-order valence-corrected chi connectivity index (χ0v) is 14.4. The number of halogens is 3. The molecule has 1 nitrogen and oxygen atoms in total. The Morgan fingerprint density at radius 2 is 1.78 bits per heavy atom. The maximum atomic E-state index is 5.82. The number of aryl methyl sites for hydroxylation is 1. The van der Waals surface area contributed by atoms with Crippen LogP contribution in [0.15, 0.2) is 24.3 Å². The van der Waals surface area contributed by atoms with Crippen molar-refractivity contribution in [1.29, 1.82) is 0 Å². The van der Waals surface area contributed by atoms with E-state index in [2.05, 4.69) is 12.1 Å². The third kappa shape index (κ3) is 7.80. The van der Waals surface area contributed by atoms with E-state index in [1.165, 1.54) is 5.56 Å². The molecule has 0 amide bonds. The lowest BCUT2D eigenvalue weighted by molar-refractivity contribution is 0.414. The van der Waals surface area contributed by atoms with Crippen molar-refractivity contribution in [2.75, 3.05) is 18.6 Å². The molecular formula is C12H17Cl3OSSi. The van der Waals surface area contributed by atoms with Crippen LogP contribution in [-0.4, -0.2) is 24.6 Å². The van der Waals surface area contributed by atoms with Crippen molar-refractivity contribution in [2.24, 2.45) is 0 Å². The van der Waals surface area contributed by atoms with Crippen molar-refractivity contribution in [3.63, 3.8) is 0 Å². The highest BCUT2D eigenvalue weighted by molar-refractivity contribution is 7.99. The molecule has 1 aromatic rings. The molecule has 1 rings (SSSR count). The molecule has 0 atom stereocenters. The molecule has 0 spiro atoms. The zero-order chi connectivity index (χ0) is 13.4. The van der Waals surface area contributed by atoms with Crippen LogP contribution in [0.3, 0.4) is 0 Å². The van der Waals surface area contributed by atoms with Gasteiger partial charge in [0.2, 0.25) is 0 Å². The predicted octanol–water partition coefficient (Wildman–Crippen LogP) is 5.02. The Labute approximate surface area is 128 Å². The molecule has 0 radical (unpaired) electrons. The first kappa shape index (κ1) is 16.5. The molecule has 0 aliphatic rings. The van der Waals surface area contributed by atoms with Crippen LogP contribution >= 0.6 is 45.0 Å². The van der Waals surface area contributed by atoms with E-state index >= 15 is 0 Å². The molecule has 0 heterocycles. The number of hydrogen-bond donors (Lipinski definition) is 0. The second-order valence-electron chi connectivity index (χ2n) is 3.93. The van der Waals surface area contributed by atoms with E-state index in [4.69, 9.17) is 38.0 Å². The molecule has 0 bridgehead atoms. The Bertz CT molecular complexity index is 340. The molecule has 0 saturated heterocycles. The van der Waals surface area contributed by atoms with Gasteiger partial charge >= 0.3 is 6.00 Å². The van der Waals surface area contributed by atoms with Crippen molar-refractivity contribution in [1.82, 2.24) is 0 Å². The second-order valence-corrected chi connectivity index (χ2v) is 14.4. The van der Waals surface area contributed by atoms with Gasteiger partial charge in [0, 0.05) is 0 Å². The average molecular weight is 344 g/mol. The molecular weight excluding hydrogens is 327 g/mol. The van der Waals surface area contributed by atoms with Crippen LogP contribution in [0.1, 0.15) is 12.0 Å². The van der Waals surface area contributed by atoms with Gasteiger partial charge in [0.25, 0.3) is 0 Å². The fourth-order valence-corrected chi connectivity index (χ4v) is 4.43. The Balaban J connectivity index is 2.10. The summed E-state index contributed by atoms with van der Waals surface area (Å²) in [6.45, 7) is 0. The van der Waals surface area contributed by atoms with Crippen molar-refractivity contribution in [3.05, 3.63) is 29.8 Å². The summed E-state index contributed by atoms with van der Waals surface area (Å²) < 4.78 is 5.12. The first-order valence-corrected chi connectivity index (χ1v) is 12.2. The van der Waals surface area contributed by atoms with Gasteiger partial charge in [-0.15, -0.1) is 33.2 Å². The van der Waals surface area contributed by atoms with Crippen LogP contribution in [-0.2, 0) is 6.42 Å². The summed E-state index contributed by atoms with van der Waals surface area (Å²) in [5, 5.41) is 0. The summed E-state index contributed by atoms with van der Waals surface area (Å²) in [5.41, 5.74) is 1.33. The average Bonchev–Trinajstić information content (AvgIpc) is 2.33. The Kier molecular flexibility index (Phi) is 7.88. The summed E-state index contributed by atoms with van der Waals surface area (Å²) in [4.78, 5) is 0. The number of methoxy groups -OCH3 is 1. The summed E-state index contributed by atoms with van der Waals surface area (Å²) >= 11 is 19.4. The zero-order valence-electron chi connectivity index (χ0n) is 10.3. The lowest BCUT2D eigenvalue weighted by Gasteiger charge is -2.07. The molecule has 1 aromatic carbocycles. The van der Waals surface area contributed by atoms with Crippen LogP contribution in [0.25, 0.3) is 0 Å². The lowest BCUT2D eigenvalue weighted by Crippen LogP contribution is -2.08. The van der Waals surface area contributed by atoms with Gasteiger partial charge in [0.1, 0.15) is 5.75 Å². The highest BCUT2D eigenvalue weighted by Gasteiger charge is 2.23. The number of rotatable bonds is 8. The third-order valence-electron chi connectivity index (χ3n) is 2.44. The fourth-order valence-electron chi connectivity index (χ4n) is 1.46. The van der Waals surface area contributed by atoms with E-state index in [1.807, 2.05) is 23.9 Å². The minimum atomic E-state index is -2.40. The highest BCUT2D eigenvalue weighted by Crippen LogP contribution is 2.27. The largest absolute Gasteiger partial charge is 0.497 e. The van der Waals surface area contributed by atoms with E-state index in [1.54, 1.807) is 7.11 Å². The second kappa shape index (κ2) is 8.59. The van der Waals surface area contributed by atoms with E-state index in [9.17, 15) is 0 Å². The van der Waals surface area contributed by atoms with Crippen molar-refractivity contribution in [2.45, 2.75) is 18.9 Å². The normalized spacial score (nSPS) is 11.6. The van der Waals surface area contributed by atoms with Crippen LogP contribution in [0, 0.1) is 0 Å². The van der Waals surface area contributed by atoms with Gasteiger partial charge in [0.05, 0.1) is 7.11 Å². The van der Waals surface area contributed by atoms with E-state index in [-0.39, 0.29) is 0 Å². The molecule has 0 unspecified atom stereocenters. The molecule has 18 heavy (non-hydrogen) atoms. The van der Waals surface area contributed by atoms with Gasteiger partial charge in [-0.25, -0.2) is 0 Å². The fraction of sp³-hybridized carbons (Fsp3) is 0.500. The summed E-state index contributed by atoms with van der Waals surface area (Å²) in [7, 11) is 1.68. The van der Waals surface area contributed by atoms with Gasteiger partial charge < -0.3 is 4.74 Å². The maximum Gasteiger partial charge on any atom is 0.341 e. The summed E-state index contributed by atoms with van der Waals surface area (Å²) in [5.74, 6) is 3.07. The molecule has 0 aliphatic heterocycles. The first-order chi connectivity index (χ1) is 8.51. The quantitative estimate of drug-likeness (QED) is 0.372.